The molecule has 1 unspecified atom stereocenters. The van der Waals surface area contributed by atoms with Gasteiger partial charge in [-0.05, 0) is 5.56 Å². The molecule has 0 saturated carbocycles. The van der Waals surface area contributed by atoms with Crippen LogP contribution in [0.25, 0.3) is 0 Å². The average Bonchev–Trinajstić information content (AvgIpc) is 2.76. The van der Waals surface area contributed by atoms with Gasteiger partial charge < -0.3 is 33.2 Å². The molecule has 1 aliphatic rings. The maximum atomic E-state index is 12.2. The lowest BCUT2D eigenvalue weighted by atomic mass is 9.91. The predicted octanol–water partition coefficient (Wildman–Crippen LogP) is 1.22. The third-order valence-corrected chi connectivity index (χ3v) is 4.85. The summed E-state index contributed by atoms with van der Waals surface area (Å²) in [5.74, 6) is -6.10. The minimum atomic E-state index is -2.16. The summed E-state index contributed by atoms with van der Waals surface area (Å²) in [5, 5.41) is 0. The molecule has 1 heterocycles. The van der Waals surface area contributed by atoms with Crippen molar-refractivity contribution in [1.82, 2.24) is 0 Å². The fourth-order valence-electron chi connectivity index (χ4n) is 3.70. The van der Waals surface area contributed by atoms with E-state index in [2.05, 4.69) is 0 Å². The van der Waals surface area contributed by atoms with Crippen LogP contribution in [0, 0.1) is 0 Å². The molecule has 198 valence electrons. The van der Waals surface area contributed by atoms with Crippen molar-refractivity contribution in [3.63, 3.8) is 0 Å². The Bertz CT molecular complexity index is 946. The standard InChI is InChI=1S/C24H30O12/c1-14(25)31-12-20-21(32-15(2)26)22(33-16(3)27)23(34-17(4)28)24(36-20,35-18(5)29)13-30-11-19-9-7-6-8-10-19/h6-10,20-23H,11-13H2,1-5H3/t20-,21-,22+,23+,24?/m1/s1. The average molecular weight is 510 g/mol. The molecule has 0 amide bonds. The maximum absolute atomic E-state index is 12.2. The van der Waals surface area contributed by atoms with E-state index in [0.29, 0.717) is 0 Å². The van der Waals surface area contributed by atoms with Crippen molar-refractivity contribution in [1.29, 1.82) is 0 Å². The summed E-state index contributed by atoms with van der Waals surface area (Å²) in [6.07, 6.45) is -5.82. The monoisotopic (exact) mass is 510 g/mol. The van der Waals surface area contributed by atoms with E-state index in [1.54, 1.807) is 24.3 Å². The molecule has 1 aromatic carbocycles. The molecule has 0 bridgehead atoms. The van der Waals surface area contributed by atoms with E-state index in [-0.39, 0.29) is 6.61 Å². The molecular weight excluding hydrogens is 480 g/mol. The van der Waals surface area contributed by atoms with Crippen LogP contribution < -0.4 is 0 Å². The number of hydrogen-bond acceptors (Lipinski definition) is 12. The zero-order valence-corrected chi connectivity index (χ0v) is 20.7. The zero-order chi connectivity index (χ0) is 26.9. The molecule has 0 spiro atoms. The molecule has 1 aromatic rings. The summed E-state index contributed by atoms with van der Waals surface area (Å²) in [6.45, 7) is 4.61. The molecule has 1 saturated heterocycles. The van der Waals surface area contributed by atoms with Gasteiger partial charge in [0.25, 0.3) is 5.79 Å². The Hall–Kier alpha value is -3.51. The highest BCUT2D eigenvalue weighted by Crippen LogP contribution is 2.37. The first-order valence-corrected chi connectivity index (χ1v) is 11.1. The first-order chi connectivity index (χ1) is 16.9. The Morgan fingerprint density at radius 2 is 1.36 bits per heavy atom. The minimum Gasteiger partial charge on any atom is -0.463 e. The molecule has 12 nitrogen and oxygen atoms in total. The Morgan fingerprint density at radius 3 is 1.89 bits per heavy atom. The van der Waals surface area contributed by atoms with Crippen molar-refractivity contribution in [2.45, 2.75) is 71.4 Å². The van der Waals surface area contributed by atoms with Crippen LogP contribution >= 0.6 is 0 Å². The summed E-state index contributed by atoms with van der Waals surface area (Å²) in [7, 11) is 0. The molecular formula is C24H30O12. The van der Waals surface area contributed by atoms with E-state index >= 15 is 0 Å². The Labute approximate surface area is 208 Å². The SMILES string of the molecule is CC(=O)OC[C@H]1OC(COCc2ccccc2)(OC(C)=O)[C@@H](OC(C)=O)[C@@H](OC(C)=O)[C@@H]1OC(C)=O. The van der Waals surface area contributed by atoms with Crippen LogP contribution in [0.1, 0.15) is 40.2 Å². The van der Waals surface area contributed by atoms with Crippen LogP contribution in [0.3, 0.4) is 0 Å². The summed E-state index contributed by atoms with van der Waals surface area (Å²) < 4.78 is 38.5. The number of benzene rings is 1. The number of carbonyl (C=O) groups is 5. The zero-order valence-electron chi connectivity index (χ0n) is 20.7. The van der Waals surface area contributed by atoms with Crippen LogP contribution in [0.5, 0.6) is 0 Å². The van der Waals surface area contributed by atoms with Crippen LogP contribution in [0.15, 0.2) is 30.3 Å². The van der Waals surface area contributed by atoms with Crippen molar-refractivity contribution in [3.05, 3.63) is 35.9 Å². The molecule has 1 aliphatic heterocycles. The lowest BCUT2D eigenvalue weighted by Gasteiger charge is -2.49. The van der Waals surface area contributed by atoms with Gasteiger partial charge in [0, 0.05) is 34.6 Å². The van der Waals surface area contributed by atoms with Crippen LogP contribution in [0.4, 0.5) is 0 Å². The van der Waals surface area contributed by atoms with Gasteiger partial charge in [-0.25, -0.2) is 0 Å². The van der Waals surface area contributed by atoms with Gasteiger partial charge in [-0.2, -0.15) is 0 Å². The molecule has 0 N–H and O–H groups in total. The summed E-state index contributed by atoms with van der Waals surface area (Å²) in [6, 6.07) is 9.02. The molecule has 2 rings (SSSR count). The summed E-state index contributed by atoms with van der Waals surface area (Å²) in [4.78, 5) is 59.6. The molecule has 0 aromatic heterocycles. The largest absolute Gasteiger partial charge is 0.463 e. The van der Waals surface area contributed by atoms with Crippen LogP contribution in [-0.4, -0.2) is 73.3 Å². The van der Waals surface area contributed by atoms with Crippen LogP contribution in [-0.2, 0) is 63.7 Å². The van der Waals surface area contributed by atoms with E-state index in [9.17, 15) is 24.0 Å². The predicted molar refractivity (Wildman–Crippen MR) is 119 cm³/mol. The Kier molecular flexibility index (Phi) is 10.4. The summed E-state index contributed by atoms with van der Waals surface area (Å²) >= 11 is 0. The lowest BCUT2D eigenvalue weighted by molar-refractivity contribution is -0.364. The third-order valence-electron chi connectivity index (χ3n) is 4.85. The van der Waals surface area contributed by atoms with Crippen molar-refractivity contribution in [2.75, 3.05) is 13.2 Å². The molecule has 12 heteroatoms. The van der Waals surface area contributed by atoms with Gasteiger partial charge in [-0.3, -0.25) is 24.0 Å². The van der Waals surface area contributed by atoms with Gasteiger partial charge >= 0.3 is 29.8 Å². The van der Waals surface area contributed by atoms with Crippen molar-refractivity contribution in [2.24, 2.45) is 0 Å². The fraction of sp³-hybridized carbons (Fsp3) is 0.542. The number of ether oxygens (including phenoxy) is 7. The molecule has 5 atom stereocenters. The summed E-state index contributed by atoms with van der Waals surface area (Å²) in [5.41, 5.74) is 0.779. The topological polar surface area (TPSA) is 150 Å². The first-order valence-electron chi connectivity index (χ1n) is 11.1. The second-order valence-electron chi connectivity index (χ2n) is 8.02. The number of rotatable bonds is 10. The van der Waals surface area contributed by atoms with Crippen molar-refractivity contribution in [3.8, 4) is 0 Å². The van der Waals surface area contributed by atoms with E-state index in [0.717, 1.165) is 40.2 Å². The third kappa shape index (κ3) is 8.31. The highest BCUT2D eigenvalue weighted by molar-refractivity contribution is 5.69. The normalized spacial score (nSPS) is 25.2. The van der Waals surface area contributed by atoms with E-state index in [4.69, 9.17) is 33.2 Å². The maximum Gasteiger partial charge on any atom is 0.305 e. The molecule has 1 fully saturated rings. The highest BCUT2D eigenvalue weighted by atomic mass is 16.8. The number of esters is 5. The van der Waals surface area contributed by atoms with Gasteiger partial charge in [-0.1, -0.05) is 30.3 Å². The fourth-order valence-corrected chi connectivity index (χ4v) is 3.70. The van der Waals surface area contributed by atoms with Gasteiger partial charge in [0.1, 0.15) is 19.3 Å². The van der Waals surface area contributed by atoms with Crippen LogP contribution in [0.2, 0.25) is 0 Å². The minimum absolute atomic E-state index is 0.0558. The van der Waals surface area contributed by atoms with E-state index in [1.807, 2.05) is 6.07 Å². The number of carbonyl (C=O) groups excluding carboxylic acids is 5. The van der Waals surface area contributed by atoms with Gasteiger partial charge in [0.2, 0.25) is 6.10 Å². The van der Waals surface area contributed by atoms with E-state index in [1.165, 1.54) is 0 Å². The van der Waals surface area contributed by atoms with Gasteiger partial charge in [-0.15, -0.1) is 0 Å². The van der Waals surface area contributed by atoms with Gasteiger partial charge in [0.15, 0.2) is 12.2 Å². The lowest BCUT2D eigenvalue weighted by Crippen LogP contribution is -2.70. The van der Waals surface area contributed by atoms with E-state index < -0.39 is 73.3 Å². The van der Waals surface area contributed by atoms with Crippen molar-refractivity contribution < 1.29 is 57.1 Å². The molecule has 36 heavy (non-hydrogen) atoms. The highest BCUT2D eigenvalue weighted by Gasteiger charge is 2.62. The Balaban J connectivity index is 2.55. The van der Waals surface area contributed by atoms with Crippen molar-refractivity contribution >= 4 is 29.8 Å². The first kappa shape index (κ1) is 28.7. The van der Waals surface area contributed by atoms with Gasteiger partial charge in [0.05, 0.1) is 6.61 Å². The molecule has 0 radical (unpaired) electrons. The second-order valence-corrected chi connectivity index (χ2v) is 8.02. The number of hydrogen-bond donors (Lipinski definition) is 0. The Morgan fingerprint density at radius 1 is 0.778 bits per heavy atom. The smallest absolute Gasteiger partial charge is 0.305 e. The quantitative estimate of drug-likeness (QED) is 0.329. The molecule has 0 aliphatic carbocycles. The second kappa shape index (κ2) is 13.0.